The van der Waals surface area contributed by atoms with E-state index in [9.17, 15) is 24.3 Å². The number of hydrogen-bond donors (Lipinski definition) is 3. The summed E-state index contributed by atoms with van der Waals surface area (Å²) in [5, 5.41) is 15.5. The van der Waals surface area contributed by atoms with E-state index in [2.05, 4.69) is 15.6 Å². The first kappa shape index (κ1) is 26.8. The van der Waals surface area contributed by atoms with Gasteiger partial charge in [0.2, 0.25) is 5.91 Å². The normalized spacial score (nSPS) is 17.1. The molecule has 2 unspecified atom stereocenters. The van der Waals surface area contributed by atoms with E-state index in [1.165, 1.54) is 6.20 Å². The predicted molar refractivity (Wildman–Crippen MR) is 141 cm³/mol. The average Bonchev–Trinajstić information content (AvgIpc) is 3.30. The summed E-state index contributed by atoms with van der Waals surface area (Å²) in [6.45, 7) is 5.20. The lowest BCUT2D eigenvalue weighted by molar-refractivity contribution is -0.165. The molecule has 0 aliphatic carbocycles. The summed E-state index contributed by atoms with van der Waals surface area (Å²) in [5.74, 6) is -2.82. The van der Waals surface area contributed by atoms with Gasteiger partial charge in [-0.1, -0.05) is 60.7 Å². The maximum absolute atomic E-state index is 13.2. The average molecular weight is 537 g/mol. The molecule has 0 radical (unpaired) electrons. The fourth-order valence-electron chi connectivity index (χ4n) is 4.17. The van der Waals surface area contributed by atoms with Crippen LogP contribution < -0.4 is 10.6 Å². The molecule has 1 aliphatic heterocycles. The Morgan fingerprint density at radius 3 is 2.16 bits per heavy atom. The number of carboxylic acids is 1. The van der Waals surface area contributed by atoms with Gasteiger partial charge in [0.05, 0.1) is 12.0 Å². The summed E-state index contributed by atoms with van der Waals surface area (Å²) < 4.78 is 5.20. The third kappa shape index (κ3) is 6.17. The number of benzene rings is 2. The van der Waals surface area contributed by atoms with Crippen molar-refractivity contribution in [2.45, 2.75) is 44.9 Å². The Hall–Kier alpha value is -4.25. The molecule has 0 spiro atoms. The number of amides is 4. The standard InChI is InChI=1S/C27H28N4O6S/c1-27(2,3)37-26(36)30-24-28-15-18(38-24)14-19-21(23(33)34)31(22(19)32)25(35)29-20(16-10-6-4-7-11-16)17-12-8-5-9-13-17/h4-13,15,19-21H,14H2,1-3H3,(H,29,35)(H,33,34)(H,28,30,36). The lowest BCUT2D eigenvalue weighted by Crippen LogP contribution is -2.68. The number of aromatic nitrogens is 1. The molecule has 3 aromatic rings. The summed E-state index contributed by atoms with van der Waals surface area (Å²) in [6, 6.07) is 15.7. The van der Waals surface area contributed by atoms with Crippen molar-refractivity contribution in [2.24, 2.45) is 5.92 Å². The molecule has 0 bridgehead atoms. The molecule has 4 rings (SSSR count). The molecule has 0 saturated carbocycles. The van der Waals surface area contributed by atoms with E-state index in [4.69, 9.17) is 4.74 Å². The molecule has 1 saturated heterocycles. The second-order valence-electron chi connectivity index (χ2n) is 9.76. The number of ether oxygens (including phenoxy) is 1. The Morgan fingerprint density at radius 2 is 1.63 bits per heavy atom. The molecule has 198 valence electrons. The van der Waals surface area contributed by atoms with Gasteiger partial charge in [-0.25, -0.2) is 24.3 Å². The van der Waals surface area contributed by atoms with E-state index in [1.54, 1.807) is 20.8 Å². The van der Waals surface area contributed by atoms with Crippen molar-refractivity contribution in [3.8, 4) is 0 Å². The summed E-state index contributed by atoms with van der Waals surface area (Å²) in [5.41, 5.74) is 0.901. The van der Waals surface area contributed by atoms with Crippen molar-refractivity contribution in [1.82, 2.24) is 15.2 Å². The minimum atomic E-state index is -1.33. The number of carbonyl (C=O) groups excluding carboxylic acids is 3. The molecule has 4 amide bonds. The highest BCUT2D eigenvalue weighted by atomic mass is 32.1. The molecular formula is C27H28N4O6S. The van der Waals surface area contributed by atoms with Crippen LogP contribution in [0.25, 0.3) is 0 Å². The Kier molecular flexibility index (Phi) is 7.77. The number of β-lactam (4-membered cyclic amide) rings is 1. The van der Waals surface area contributed by atoms with Crippen molar-refractivity contribution in [2.75, 3.05) is 5.32 Å². The molecule has 11 heteroatoms. The first-order chi connectivity index (χ1) is 18.0. The van der Waals surface area contributed by atoms with Crippen LogP contribution in [0.2, 0.25) is 0 Å². The van der Waals surface area contributed by atoms with Crippen LogP contribution in [0.5, 0.6) is 0 Å². The van der Waals surface area contributed by atoms with Gasteiger partial charge in [0.15, 0.2) is 11.2 Å². The van der Waals surface area contributed by atoms with Crippen LogP contribution in [-0.4, -0.2) is 50.6 Å². The second kappa shape index (κ2) is 11.0. The number of urea groups is 1. The second-order valence-corrected chi connectivity index (χ2v) is 10.9. The van der Waals surface area contributed by atoms with Crippen molar-refractivity contribution >= 4 is 40.5 Å². The minimum absolute atomic E-state index is 0.0635. The molecule has 10 nitrogen and oxygen atoms in total. The van der Waals surface area contributed by atoms with Crippen LogP contribution >= 0.6 is 11.3 Å². The van der Waals surface area contributed by atoms with Crippen molar-refractivity contribution in [3.63, 3.8) is 0 Å². The van der Waals surface area contributed by atoms with Crippen molar-refractivity contribution in [3.05, 3.63) is 82.9 Å². The topological polar surface area (TPSA) is 138 Å². The molecule has 38 heavy (non-hydrogen) atoms. The molecule has 2 aromatic carbocycles. The van der Waals surface area contributed by atoms with Crippen LogP contribution in [-0.2, 0) is 20.7 Å². The van der Waals surface area contributed by atoms with E-state index < -0.39 is 47.6 Å². The molecule has 1 aromatic heterocycles. The van der Waals surface area contributed by atoms with Gasteiger partial charge < -0.3 is 15.2 Å². The van der Waals surface area contributed by atoms with Crippen molar-refractivity contribution < 1.29 is 29.0 Å². The smallest absolute Gasteiger partial charge is 0.413 e. The number of likely N-dealkylation sites (tertiary alicyclic amines) is 1. The number of anilines is 1. The molecule has 2 atom stereocenters. The maximum Gasteiger partial charge on any atom is 0.413 e. The number of aliphatic carboxylic acids is 1. The first-order valence-corrected chi connectivity index (χ1v) is 12.8. The fourth-order valence-corrected chi connectivity index (χ4v) is 5.02. The molecule has 2 heterocycles. The van der Waals surface area contributed by atoms with Crippen LogP contribution in [0.15, 0.2) is 66.9 Å². The first-order valence-electron chi connectivity index (χ1n) is 11.9. The molecule has 1 fully saturated rings. The molecule has 1 aliphatic rings. The highest BCUT2D eigenvalue weighted by molar-refractivity contribution is 7.15. The largest absolute Gasteiger partial charge is 0.480 e. The number of rotatable bonds is 7. The van der Waals surface area contributed by atoms with Crippen molar-refractivity contribution in [1.29, 1.82) is 0 Å². The third-order valence-corrected chi connectivity index (χ3v) is 6.74. The highest BCUT2D eigenvalue weighted by Gasteiger charge is 2.55. The zero-order chi connectivity index (χ0) is 27.4. The SMILES string of the molecule is CC(C)(C)OC(=O)Nc1ncc(CC2C(=O)N(C(=O)NC(c3ccccc3)c3ccccc3)C2C(=O)O)s1. The van der Waals surface area contributed by atoms with E-state index in [0.717, 1.165) is 27.4 Å². The zero-order valence-corrected chi connectivity index (χ0v) is 21.9. The van der Waals surface area contributed by atoms with Gasteiger partial charge in [0.1, 0.15) is 5.60 Å². The predicted octanol–water partition coefficient (Wildman–Crippen LogP) is 4.44. The van der Waals surface area contributed by atoms with Gasteiger partial charge in [0, 0.05) is 11.1 Å². The van der Waals surface area contributed by atoms with Gasteiger partial charge in [-0.3, -0.25) is 10.1 Å². The third-order valence-electron chi connectivity index (χ3n) is 5.80. The minimum Gasteiger partial charge on any atom is -0.480 e. The summed E-state index contributed by atoms with van der Waals surface area (Å²) in [7, 11) is 0. The number of nitrogens with one attached hydrogen (secondary N) is 2. The van der Waals surface area contributed by atoms with Crippen LogP contribution in [0, 0.1) is 5.92 Å². The summed E-state index contributed by atoms with van der Waals surface area (Å²) in [4.78, 5) is 55.7. The number of imide groups is 1. The molecule has 3 N–H and O–H groups in total. The van der Waals surface area contributed by atoms with Crippen LogP contribution in [0.3, 0.4) is 0 Å². The Balaban J connectivity index is 1.46. The lowest BCUT2D eigenvalue weighted by Gasteiger charge is -2.43. The quantitative estimate of drug-likeness (QED) is 0.380. The van der Waals surface area contributed by atoms with Gasteiger partial charge in [0.25, 0.3) is 0 Å². The summed E-state index contributed by atoms with van der Waals surface area (Å²) in [6.07, 6.45) is 0.858. The van der Waals surface area contributed by atoms with Gasteiger partial charge in [-0.15, -0.1) is 11.3 Å². The Morgan fingerprint density at radius 1 is 1.05 bits per heavy atom. The van der Waals surface area contributed by atoms with E-state index in [0.29, 0.717) is 4.88 Å². The number of nitrogens with zero attached hydrogens (tertiary/aromatic N) is 2. The Bertz CT molecular complexity index is 1280. The van der Waals surface area contributed by atoms with E-state index in [-0.39, 0.29) is 11.6 Å². The number of hydrogen-bond acceptors (Lipinski definition) is 7. The fraction of sp³-hybridized carbons (Fsp3) is 0.296. The molecular weight excluding hydrogens is 508 g/mol. The summed E-state index contributed by atoms with van der Waals surface area (Å²) >= 11 is 1.11. The number of thiazole rings is 1. The van der Waals surface area contributed by atoms with Crippen LogP contribution in [0.4, 0.5) is 14.7 Å². The van der Waals surface area contributed by atoms with Gasteiger partial charge in [-0.05, 0) is 38.3 Å². The van der Waals surface area contributed by atoms with E-state index in [1.807, 2.05) is 60.7 Å². The van der Waals surface area contributed by atoms with Crippen LogP contribution in [0.1, 0.15) is 42.8 Å². The maximum atomic E-state index is 13.2. The number of carbonyl (C=O) groups is 4. The van der Waals surface area contributed by atoms with Gasteiger partial charge >= 0.3 is 18.1 Å². The lowest BCUT2D eigenvalue weighted by atomic mass is 9.84. The number of carboxylic acid groups (broad SMARTS) is 1. The Labute approximate surface area is 223 Å². The monoisotopic (exact) mass is 536 g/mol. The van der Waals surface area contributed by atoms with E-state index >= 15 is 0 Å². The highest BCUT2D eigenvalue weighted by Crippen LogP contribution is 2.34. The van der Waals surface area contributed by atoms with Gasteiger partial charge in [-0.2, -0.15) is 0 Å². The zero-order valence-electron chi connectivity index (χ0n) is 21.1.